The minimum absolute atomic E-state index is 0.244. The molecule has 0 bridgehead atoms. The molecule has 2 aromatic rings. The maximum absolute atomic E-state index is 11.5. The third-order valence-corrected chi connectivity index (χ3v) is 2.69. The number of hydrogen-bond donors (Lipinski definition) is 1. The molecular weight excluding hydrogens is 278 g/mol. The van der Waals surface area contributed by atoms with E-state index in [-0.39, 0.29) is 5.91 Å². The highest BCUT2D eigenvalue weighted by atomic mass is 79.9. The largest absolute Gasteiger partial charge is 0.305 e. The van der Waals surface area contributed by atoms with Crippen molar-refractivity contribution >= 4 is 39.0 Å². The number of nitrogens with one attached hydrogen (secondary N) is 1. The number of hydrogen-bond acceptors (Lipinski definition) is 4. The van der Waals surface area contributed by atoms with E-state index in [4.69, 9.17) is 0 Å². The maximum Gasteiger partial charge on any atom is 0.276 e. The van der Waals surface area contributed by atoms with Crippen LogP contribution in [0.25, 0.3) is 0 Å². The lowest BCUT2D eigenvalue weighted by molar-refractivity contribution is 0.102. The first-order chi connectivity index (χ1) is 7.25. The fourth-order valence-electron chi connectivity index (χ4n) is 0.955. The van der Waals surface area contributed by atoms with Crippen LogP contribution in [-0.4, -0.2) is 15.9 Å². The van der Waals surface area contributed by atoms with Gasteiger partial charge in [0.25, 0.3) is 5.91 Å². The van der Waals surface area contributed by atoms with Crippen LogP contribution in [0.15, 0.2) is 33.7 Å². The molecule has 1 amide bonds. The Labute approximate surface area is 98.5 Å². The van der Waals surface area contributed by atoms with Gasteiger partial charge >= 0.3 is 0 Å². The van der Waals surface area contributed by atoms with Gasteiger partial charge in [0.05, 0.1) is 5.51 Å². The fourth-order valence-corrected chi connectivity index (χ4v) is 1.72. The molecule has 0 fully saturated rings. The molecule has 6 heteroatoms. The van der Waals surface area contributed by atoms with Crippen molar-refractivity contribution in [3.8, 4) is 0 Å². The first-order valence-corrected chi connectivity index (χ1v) is 5.80. The molecule has 0 unspecified atom stereocenters. The second-order valence-corrected chi connectivity index (χ2v) is 4.32. The van der Waals surface area contributed by atoms with Crippen molar-refractivity contribution in [3.63, 3.8) is 0 Å². The smallest absolute Gasteiger partial charge is 0.276 e. The van der Waals surface area contributed by atoms with E-state index in [2.05, 4.69) is 31.2 Å². The minimum Gasteiger partial charge on any atom is -0.305 e. The van der Waals surface area contributed by atoms with E-state index in [1.165, 1.54) is 11.3 Å². The molecule has 2 aromatic heterocycles. The minimum atomic E-state index is -0.244. The van der Waals surface area contributed by atoms with Crippen molar-refractivity contribution in [2.45, 2.75) is 0 Å². The number of rotatable bonds is 2. The van der Waals surface area contributed by atoms with Crippen LogP contribution >= 0.6 is 27.3 Å². The summed E-state index contributed by atoms with van der Waals surface area (Å²) < 4.78 is 0.870. The Balaban J connectivity index is 2.09. The molecule has 1 N–H and O–H groups in total. The number of carbonyl (C=O) groups excluding carboxylic acids is 1. The van der Waals surface area contributed by atoms with E-state index < -0.39 is 0 Å². The average Bonchev–Trinajstić information content (AvgIpc) is 2.74. The monoisotopic (exact) mass is 283 g/mol. The van der Waals surface area contributed by atoms with Gasteiger partial charge in [-0.1, -0.05) is 0 Å². The summed E-state index contributed by atoms with van der Waals surface area (Å²) in [5.74, 6) is 0.266. The topological polar surface area (TPSA) is 54.9 Å². The number of halogens is 1. The van der Waals surface area contributed by atoms with E-state index in [0.29, 0.717) is 11.5 Å². The molecular formula is C9H6BrN3OS. The molecule has 2 rings (SSSR count). The number of pyridine rings is 1. The zero-order valence-electron chi connectivity index (χ0n) is 7.48. The Morgan fingerprint density at radius 3 is 2.87 bits per heavy atom. The highest BCUT2D eigenvalue weighted by Gasteiger charge is 2.07. The third-order valence-electron chi connectivity index (χ3n) is 1.63. The number of nitrogens with zero attached hydrogens (tertiary/aromatic N) is 2. The lowest BCUT2D eigenvalue weighted by Gasteiger charge is -2.01. The number of carbonyl (C=O) groups is 1. The summed E-state index contributed by atoms with van der Waals surface area (Å²) in [4.78, 5) is 19.5. The first kappa shape index (κ1) is 10.3. The number of thiazole rings is 1. The summed E-state index contributed by atoms with van der Waals surface area (Å²) in [6.45, 7) is 0. The van der Waals surface area contributed by atoms with Crippen molar-refractivity contribution in [2.24, 2.45) is 0 Å². The summed E-state index contributed by atoms with van der Waals surface area (Å²) in [6, 6.07) is 3.53. The molecule has 0 saturated carbocycles. The predicted octanol–water partition coefficient (Wildman–Crippen LogP) is 2.55. The van der Waals surface area contributed by atoms with Crippen molar-refractivity contribution in [1.29, 1.82) is 0 Å². The highest BCUT2D eigenvalue weighted by Crippen LogP contribution is 2.11. The van der Waals surface area contributed by atoms with Gasteiger partial charge in [-0.15, -0.1) is 11.3 Å². The molecule has 15 heavy (non-hydrogen) atoms. The van der Waals surface area contributed by atoms with Gasteiger partial charge < -0.3 is 5.32 Å². The van der Waals surface area contributed by atoms with E-state index >= 15 is 0 Å². The summed E-state index contributed by atoms with van der Waals surface area (Å²) in [5, 5.41) is 4.33. The maximum atomic E-state index is 11.5. The van der Waals surface area contributed by atoms with E-state index in [1.807, 2.05) is 6.07 Å². The van der Waals surface area contributed by atoms with Crippen LogP contribution in [0.4, 0.5) is 5.82 Å². The molecule has 0 aliphatic rings. The van der Waals surface area contributed by atoms with Gasteiger partial charge in [-0.2, -0.15) is 0 Å². The molecule has 0 atom stereocenters. The van der Waals surface area contributed by atoms with Gasteiger partial charge in [0.15, 0.2) is 0 Å². The van der Waals surface area contributed by atoms with Gasteiger partial charge in [0.2, 0.25) is 0 Å². The second-order valence-electron chi connectivity index (χ2n) is 2.69. The van der Waals surface area contributed by atoms with Crippen molar-refractivity contribution in [2.75, 3.05) is 5.32 Å². The zero-order chi connectivity index (χ0) is 10.7. The normalized spacial score (nSPS) is 9.93. The fraction of sp³-hybridized carbons (Fsp3) is 0. The SMILES string of the molecule is O=C(Nc1ccc(Br)cn1)c1cscn1. The van der Waals surface area contributed by atoms with Gasteiger partial charge in [-0.05, 0) is 28.1 Å². The van der Waals surface area contributed by atoms with Crippen LogP contribution in [0, 0.1) is 0 Å². The quantitative estimate of drug-likeness (QED) is 0.922. The predicted molar refractivity (Wildman–Crippen MR) is 62.0 cm³/mol. The summed E-state index contributed by atoms with van der Waals surface area (Å²) >= 11 is 4.65. The standard InChI is InChI=1S/C9H6BrN3OS/c10-6-1-2-8(11-3-6)13-9(14)7-4-15-5-12-7/h1-5H,(H,11,13,14). The Kier molecular flexibility index (Phi) is 3.08. The Hall–Kier alpha value is -1.27. The summed E-state index contributed by atoms with van der Waals surface area (Å²) in [7, 11) is 0. The van der Waals surface area contributed by atoms with Crippen molar-refractivity contribution in [1.82, 2.24) is 9.97 Å². The number of amides is 1. The van der Waals surface area contributed by atoms with Gasteiger partial charge in [0.1, 0.15) is 11.5 Å². The van der Waals surface area contributed by atoms with Crippen LogP contribution in [-0.2, 0) is 0 Å². The van der Waals surface area contributed by atoms with Gasteiger partial charge in [-0.25, -0.2) is 9.97 Å². The molecule has 0 aromatic carbocycles. The van der Waals surface area contributed by atoms with Crippen molar-refractivity contribution in [3.05, 3.63) is 39.4 Å². The Morgan fingerprint density at radius 2 is 2.27 bits per heavy atom. The molecule has 0 spiro atoms. The van der Waals surface area contributed by atoms with Crippen LogP contribution in [0.3, 0.4) is 0 Å². The Bertz CT molecular complexity index is 455. The highest BCUT2D eigenvalue weighted by molar-refractivity contribution is 9.10. The molecule has 0 saturated heterocycles. The van der Waals surface area contributed by atoms with E-state index in [9.17, 15) is 4.79 Å². The van der Waals surface area contributed by atoms with Gasteiger partial charge in [-0.3, -0.25) is 4.79 Å². The summed E-state index contributed by atoms with van der Waals surface area (Å²) in [5.41, 5.74) is 2.02. The molecule has 76 valence electrons. The van der Waals surface area contributed by atoms with Crippen LogP contribution < -0.4 is 5.32 Å². The number of aromatic nitrogens is 2. The van der Waals surface area contributed by atoms with E-state index in [1.54, 1.807) is 23.2 Å². The molecule has 0 radical (unpaired) electrons. The number of anilines is 1. The molecule has 2 heterocycles. The molecule has 4 nitrogen and oxygen atoms in total. The van der Waals surface area contributed by atoms with Crippen LogP contribution in [0.2, 0.25) is 0 Å². The van der Waals surface area contributed by atoms with Crippen LogP contribution in [0.5, 0.6) is 0 Å². The molecule has 0 aliphatic heterocycles. The molecule has 0 aliphatic carbocycles. The average molecular weight is 284 g/mol. The van der Waals surface area contributed by atoms with Gasteiger partial charge in [0, 0.05) is 16.0 Å². The van der Waals surface area contributed by atoms with Crippen LogP contribution in [0.1, 0.15) is 10.5 Å². The first-order valence-electron chi connectivity index (χ1n) is 4.07. The lowest BCUT2D eigenvalue weighted by atomic mass is 10.4. The second kappa shape index (κ2) is 4.50. The third kappa shape index (κ3) is 2.60. The lowest BCUT2D eigenvalue weighted by Crippen LogP contribution is -2.12. The van der Waals surface area contributed by atoms with Crippen molar-refractivity contribution < 1.29 is 4.79 Å². The van der Waals surface area contributed by atoms with E-state index in [0.717, 1.165) is 4.47 Å². The zero-order valence-corrected chi connectivity index (χ0v) is 9.88. The Morgan fingerprint density at radius 1 is 1.40 bits per heavy atom. The summed E-state index contributed by atoms with van der Waals surface area (Å²) in [6.07, 6.45) is 1.62.